The number of carbonyl (C=O) groups excluding carboxylic acids is 2. The number of pyridine rings is 1. The van der Waals surface area contributed by atoms with Gasteiger partial charge in [-0.15, -0.1) is 0 Å². The van der Waals surface area contributed by atoms with E-state index in [-0.39, 0.29) is 31.2 Å². The molecule has 2 amide bonds. The minimum atomic E-state index is -1.26. The molecule has 1 unspecified atom stereocenters. The van der Waals surface area contributed by atoms with Crippen LogP contribution in [-0.2, 0) is 21.4 Å². The molecule has 28 heavy (non-hydrogen) atoms. The Labute approximate surface area is 172 Å². The fraction of sp³-hybridized carbons (Fsp3) is 0.556. The van der Waals surface area contributed by atoms with Gasteiger partial charge in [0.05, 0.1) is 17.2 Å². The van der Waals surface area contributed by atoms with E-state index in [1.54, 1.807) is 19.3 Å². The Hall–Kier alpha value is -1.78. The standard InChI is InChI=1S/C18H25BrN4O4Si/c1-21-13-9-15(19)20-10-14(13)23(18(21)26)12-5-6-16(24)22(17(12)25)11-27-7-8-28(2,3)4/h9-10,12H,5-8,11H2,1-4H3. The van der Waals surface area contributed by atoms with Crippen molar-refractivity contribution in [2.24, 2.45) is 7.05 Å². The van der Waals surface area contributed by atoms with Crippen LogP contribution < -0.4 is 5.69 Å². The maximum absolute atomic E-state index is 13.0. The molecule has 1 aliphatic rings. The largest absolute Gasteiger partial charge is 0.361 e. The minimum absolute atomic E-state index is 0.0675. The van der Waals surface area contributed by atoms with Gasteiger partial charge in [-0.05, 0) is 34.5 Å². The number of hydrogen-bond donors (Lipinski definition) is 0. The molecule has 0 N–H and O–H groups in total. The topological polar surface area (TPSA) is 86.4 Å². The lowest BCUT2D eigenvalue weighted by Crippen LogP contribution is -2.48. The van der Waals surface area contributed by atoms with Gasteiger partial charge in [-0.3, -0.25) is 23.6 Å². The summed E-state index contributed by atoms with van der Waals surface area (Å²) in [5.74, 6) is -0.662. The van der Waals surface area contributed by atoms with E-state index in [1.165, 1.54) is 9.13 Å². The number of ether oxygens (including phenoxy) is 1. The summed E-state index contributed by atoms with van der Waals surface area (Å²) in [6, 6.07) is 1.95. The van der Waals surface area contributed by atoms with Gasteiger partial charge in [0.15, 0.2) is 0 Å². The highest BCUT2D eigenvalue weighted by Gasteiger charge is 2.37. The lowest BCUT2D eigenvalue weighted by molar-refractivity contribution is -0.157. The first kappa shape index (κ1) is 20.9. The lowest BCUT2D eigenvalue weighted by Gasteiger charge is -2.31. The molecule has 1 atom stereocenters. The monoisotopic (exact) mass is 468 g/mol. The van der Waals surface area contributed by atoms with Crippen LogP contribution in [0.1, 0.15) is 18.9 Å². The maximum Gasteiger partial charge on any atom is 0.329 e. The molecule has 3 heterocycles. The number of rotatable bonds is 6. The Morgan fingerprint density at radius 1 is 1.25 bits per heavy atom. The zero-order valence-electron chi connectivity index (χ0n) is 16.6. The third-order valence-corrected chi connectivity index (χ3v) is 7.09. The fourth-order valence-corrected chi connectivity index (χ4v) is 4.34. The summed E-state index contributed by atoms with van der Waals surface area (Å²) in [4.78, 5) is 43.5. The first-order valence-electron chi connectivity index (χ1n) is 9.24. The summed E-state index contributed by atoms with van der Waals surface area (Å²) in [7, 11) is 0.400. The van der Waals surface area contributed by atoms with Crippen LogP contribution in [0.4, 0.5) is 0 Å². The number of aryl methyl sites for hydroxylation is 1. The zero-order valence-corrected chi connectivity index (χ0v) is 19.2. The summed E-state index contributed by atoms with van der Waals surface area (Å²) < 4.78 is 9.16. The van der Waals surface area contributed by atoms with Gasteiger partial charge in [0, 0.05) is 28.1 Å². The zero-order chi connectivity index (χ0) is 20.6. The van der Waals surface area contributed by atoms with E-state index in [0.29, 0.717) is 22.2 Å². The number of amides is 2. The van der Waals surface area contributed by atoms with Gasteiger partial charge >= 0.3 is 5.69 Å². The molecule has 1 saturated heterocycles. The molecule has 0 bridgehead atoms. The lowest BCUT2D eigenvalue weighted by atomic mass is 10.0. The molecule has 1 fully saturated rings. The number of imidazole rings is 1. The Bertz CT molecular complexity index is 978. The highest BCUT2D eigenvalue weighted by atomic mass is 79.9. The van der Waals surface area contributed by atoms with Crippen LogP contribution in [0.2, 0.25) is 25.7 Å². The molecule has 0 saturated carbocycles. The fourth-order valence-electron chi connectivity index (χ4n) is 3.27. The molecule has 0 spiro atoms. The summed E-state index contributed by atoms with van der Waals surface area (Å²) in [6.07, 6.45) is 2.05. The average Bonchev–Trinajstić information content (AvgIpc) is 2.85. The van der Waals surface area contributed by atoms with Gasteiger partial charge < -0.3 is 4.74 Å². The molecular formula is C18H25BrN4O4Si. The molecule has 0 radical (unpaired) electrons. The predicted molar refractivity (Wildman–Crippen MR) is 112 cm³/mol. The number of aromatic nitrogens is 3. The number of likely N-dealkylation sites (tertiary alicyclic amines) is 1. The van der Waals surface area contributed by atoms with E-state index < -0.39 is 20.0 Å². The van der Waals surface area contributed by atoms with Crippen molar-refractivity contribution in [3.63, 3.8) is 0 Å². The second kappa shape index (κ2) is 7.92. The van der Waals surface area contributed by atoms with E-state index in [1.807, 2.05) is 0 Å². The molecule has 8 nitrogen and oxygen atoms in total. The minimum Gasteiger partial charge on any atom is -0.361 e. The number of nitrogens with zero attached hydrogens (tertiary/aromatic N) is 4. The van der Waals surface area contributed by atoms with E-state index in [4.69, 9.17) is 4.74 Å². The van der Waals surface area contributed by atoms with Gasteiger partial charge in [0.25, 0.3) is 5.91 Å². The van der Waals surface area contributed by atoms with Gasteiger partial charge in [0.2, 0.25) is 5.91 Å². The number of fused-ring (bicyclic) bond motifs is 1. The van der Waals surface area contributed by atoms with E-state index in [2.05, 4.69) is 40.6 Å². The van der Waals surface area contributed by atoms with Gasteiger partial charge in [-0.2, -0.15) is 0 Å². The number of imide groups is 1. The van der Waals surface area contributed by atoms with Gasteiger partial charge in [0.1, 0.15) is 17.4 Å². The molecule has 0 aromatic carbocycles. The van der Waals surface area contributed by atoms with E-state index in [0.717, 1.165) is 10.9 Å². The second-order valence-corrected chi connectivity index (χ2v) is 14.7. The van der Waals surface area contributed by atoms with Gasteiger partial charge in [-0.1, -0.05) is 19.6 Å². The van der Waals surface area contributed by atoms with Crippen LogP contribution in [0.3, 0.4) is 0 Å². The van der Waals surface area contributed by atoms with Crippen LogP contribution >= 0.6 is 15.9 Å². The molecule has 2 aromatic rings. The molecular weight excluding hydrogens is 444 g/mol. The number of carbonyl (C=O) groups is 2. The summed E-state index contributed by atoms with van der Waals surface area (Å²) in [5.41, 5.74) is 0.944. The number of hydrogen-bond acceptors (Lipinski definition) is 5. The average molecular weight is 469 g/mol. The van der Waals surface area contributed by atoms with Crippen LogP contribution in [0, 0.1) is 0 Å². The molecule has 0 aliphatic carbocycles. The van der Waals surface area contributed by atoms with Crippen LogP contribution in [0.5, 0.6) is 0 Å². The van der Waals surface area contributed by atoms with Crippen molar-refractivity contribution in [3.05, 3.63) is 27.4 Å². The van der Waals surface area contributed by atoms with Crippen molar-refractivity contribution >= 4 is 46.9 Å². The van der Waals surface area contributed by atoms with Crippen molar-refractivity contribution in [1.82, 2.24) is 19.0 Å². The molecule has 2 aromatic heterocycles. The molecule has 10 heteroatoms. The predicted octanol–water partition coefficient (Wildman–Crippen LogP) is 2.50. The van der Waals surface area contributed by atoms with Gasteiger partial charge in [-0.25, -0.2) is 9.78 Å². The van der Waals surface area contributed by atoms with Crippen molar-refractivity contribution in [2.75, 3.05) is 13.3 Å². The number of halogens is 1. The first-order chi connectivity index (χ1) is 13.1. The summed E-state index contributed by atoms with van der Waals surface area (Å²) >= 11 is 3.31. The third-order valence-electron chi connectivity index (χ3n) is 4.95. The third kappa shape index (κ3) is 4.13. The molecule has 152 valence electrons. The summed E-state index contributed by atoms with van der Waals surface area (Å²) in [5, 5.41) is 0. The van der Waals surface area contributed by atoms with Crippen LogP contribution in [0.25, 0.3) is 11.0 Å². The smallest absolute Gasteiger partial charge is 0.329 e. The first-order valence-corrected chi connectivity index (χ1v) is 13.7. The number of piperidine rings is 1. The van der Waals surface area contributed by atoms with Crippen molar-refractivity contribution in [3.8, 4) is 0 Å². The van der Waals surface area contributed by atoms with E-state index in [9.17, 15) is 14.4 Å². The highest BCUT2D eigenvalue weighted by Crippen LogP contribution is 2.27. The molecule has 1 aliphatic heterocycles. The van der Waals surface area contributed by atoms with E-state index >= 15 is 0 Å². The Morgan fingerprint density at radius 2 is 1.96 bits per heavy atom. The maximum atomic E-state index is 13.0. The quantitative estimate of drug-likeness (QED) is 0.281. The molecule has 3 rings (SSSR count). The second-order valence-electron chi connectivity index (χ2n) is 8.27. The summed E-state index contributed by atoms with van der Waals surface area (Å²) in [6.45, 7) is 7.17. The Morgan fingerprint density at radius 3 is 2.64 bits per heavy atom. The Balaban J connectivity index is 1.85. The van der Waals surface area contributed by atoms with Crippen LogP contribution in [-0.4, -0.2) is 52.2 Å². The van der Waals surface area contributed by atoms with Crippen molar-refractivity contribution < 1.29 is 14.3 Å². The van der Waals surface area contributed by atoms with Crippen molar-refractivity contribution in [2.45, 2.75) is 44.6 Å². The Kier molecular flexibility index (Phi) is 5.92. The SMILES string of the molecule is Cn1c(=O)n(C2CCC(=O)N(COCC[Si](C)(C)C)C2=O)c2cnc(Br)cc21. The highest BCUT2D eigenvalue weighted by molar-refractivity contribution is 9.10. The van der Waals surface area contributed by atoms with Crippen molar-refractivity contribution in [1.29, 1.82) is 0 Å². The van der Waals surface area contributed by atoms with Crippen LogP contribution in [0.15, 0.2) is 21.7 Å². The normalized spacial score (nSPS) is 18.3.